The predicted molar refractivity (Wildman–Crippen MR) is 95.2 cm³/mol. The molecule has 0 atom stereocenters. The molecule has 5 heteroatoms. The van der Waals surface area contributed by atoms with Gasteiger partial charge in [0.2, 0.25) is 0 Å². The van der Waals surface area contributed by atoms with E-state index in [4.69, 9.17) is 4.74 Å². The second-order valence-electron chi connectivity index (χ2n) is 5.37. The maximum Gasteiger partial charge on any atom is 0.255 e. The highest BCUT2D eigenvalue weighted by Gasteiger charge is 2.12. The number of nitrogens with one attached hydrogen (secondary N) is 1. The molecule has 122 valence electrons. The fourth-order valence-electron chi connectivity index (χ4n) is 2.32. The first-order chi connectivity index (χ1) is 11.7. The number of aromatic nitrogens is 1. The lowest BCUT2D eigenvalue weighted by molar-refractivity contribution is 0.0946. The smallest absolute Gasteiger partial charge is 0.255 e. The number of benzene rings is 2. The van der Waals surface area contributed by atoms with Crippen LogP contribution in [-0.4, -0.2) is 10.9 Å². The normalized spacial score (nSPS) is 10.4. The van der Waals surface area contributed by atoms with E-state index < -0.39 is 0 Å². The molecule has 0 aliphatic rings. The van der Waals surface area contributed by atoms with Crippen LogP contribution in [0.5, 0.6) is 5.75 Å². The predicted octanol–water partition coefficient (Wildman–Crippen LogP) is 3.96. The number of rotatable bonds is 6. The number of amides is 1. The summed E-state index contributed by atoms with van der Waals surface area (Å²) in [6.07, 6.45) is 0. The Bertz CT molecular complexity index is 816. The van der Waals surface area contributed by atoms with Crippen molar-refractivity contribution in [3.63, 3.8) is 0 Å². The maximum absolute atomic E-state index is 12.5. The molecule has 4 nitrogen and oxygen atoms in total. The number of ether oxygens (including phenoxy) is 1. The van der Waals surface area contributed by atoms with Crippen molar-refractivity contribution >= 4 is 17.2 Å². The summed E-state index contributed by atoms with van der Waals surface area (Å²) in [5.74, 6) is 0.417. The quantitative estimate of drug-likeness (QED) is 0.740. The Morgan fingerprint density at radius 3 is 2.75 bits per heavy atom. The van der Waals surface area contributed by atoms with Gasteiger partial charge in [0.05, 0.1) is 16.8 Å². The van der Waals surface area contributed by atoms with Gasteiger partial charge in [0, 0.05) is 11.9 Å². The Morgan fingerprint density at radius 2 is 1.96 bits per heavy atom. The lowest BCUT2D eigenvalue weighted by Gasteiger charge is -2.12. The van der Waals surface area contributed by atoms with Gasteiger partial charge in [-0.1, -0.05) is 36.4 Å². The van der Waals surface area contributed by atoms with Crippen molar-refractivity contribution in [2.24, 2.45) is 0 Å². The minimum atomic E-state index is -0.146. The summed E-state index contributed by atoms with van der Waals surface area (Å²) in [7, 11) is 0. The zero-order chi connectivity index (χ0) is 16.8. The van der Waals surface area contributed by atoms with Crippen LogP contribution in [0.15, 0.2) is 59.4 Å². The number of para-hydroxylation sites is 1. The lowest BCUT2D eigenvalue weighted by atomic mass is 10.1. The third-order valence-electron chi connectivity index (χ3n) is 3.69. The number of nitrogens with zero attached hydrogens (tertiary/aromatic N) is 1. The van der Waals surface area contributed by atoms with E-state index in [0.29, 0.717) is 24.5 Å². The zero-order valence-electron chi connectivity index (χ0n) is 13.4. The summed E-state index contributed by atoms with van der Waals surface area (Å²) in [4.78, 5) is 16.7. The minimum Gasteiger partial charge on any atom is -0.486 e. The van der Waals surface area contributed by atoms with E-state index in [-0.39, 0.29) is 5.91 Å². The highest BCUT2D eigenvalue weighted by atomic mass is 32.1. The summed E-state index contributed by atoms with van der Waals surface area (Å²) in [6, 6.07) is 15.3. The standard InChI is InChI=1S/C19H18N2O2S/c1-14-6-2-3-7-15(14)10-20-19(22)17-8-4-5-9-18(17)23-11-16-12-24-13-21-16/h2-9,12-13H,10-11H2,1H3,(H,20,22). The molecule has 24 heavy (non-hydrogen) atoms. The van der Waals surface area contributed by atoms with Gasteiger partial charge < -0.3 is 10.1 Å². The average Bonchev–Trinajstić information content (AvgIpc) is 3.13. The van der Waals surface area contributed by atoms with E-state index in [9.17, 15) is 4.79 Å². The first-order valence-electron chi connectivity index (χ1n) is 7.65. The van der Waals surface area contributed by atoms with Gasteiger partial charge in [0.1, 0.15) is 12.4 Å². The van der Waals surface area contributed by atoms with Gasteiger partial charge in [-0.05, 0) is 30.2 Å². The van der Waals surface area contributed by atoms with Crippen molar-refractivity contribution in [3.05, 3.63) is 81.8 Å². The van der Waals surface area contributed by atoms with E-state index in [1.807, 2.05) is 48.7 Å². The van der Waals surface area contributed by atoms with E-state index in [1.54, 1.807) is 17.6 Å². The van der Waals surface area contributed by atoms with Gasteiger partial charge in [0.15, 0.2) is 0 Å². The van der Waals surface area contributed by atoms with Crippen LogP contribution in [0.25, 0.3) is 0 Å². The van der Waals surface area contributed by atoms with E-state index in [2.05, 4.69) is 10.3 Å². The molecule has 3 aromatic rings. The van der Waals surface area contributed by atoms with Crippen LogP contribution in [0.1, 0.15) is 27.2 Å². The number of hydrogen-bond donors (Lipinski definition) is 1. The largest absolute Gasteiger partial charge is 0.486 e. The molecule has 1 heterocycles. The third-order valence-corrected chi connectivity index (χ3v) is 4.33. The summed E-state index contributed by atoms with van der Waals surface area (Å²) in [5, 5.41) is 4.89. The zero-order valence-corrected chi connectivity index (χ0v) is 14.2. The third kappa shape index (κ3) is 4.00. The molecule has 0 saturated carbocycles. The second kappa shape index (κ2) is 7.75. The number of thiazole rings is 1. The number of hydrogen-bond acceptors (Lipinski definition) is 4. The van der Waals surface area contributed by atoms with Gasteiger partial charge in [-0.2, -0.15) is 0 Å². The van der Waals surface area contributed by atoms with Crippen molar-refractivity contribution in [1.29, 1.82) is 0 Å². The molecule has 1 aromatic heterocycles. The van der Waals surface area contributed by atoms with E-state index >= 15 is 0 Å². The fourth-order valence-corrected chi connectivity index (χ4v) is 2.86. The molecule has 3 rings (SSSR count). The molecule has 0 aliphatic heterocycles. The number of carbonyl (C=O) groups excluding carboxylic acids is 1. The Morgan fingerprint density at radius 1 is 1.17 bits per heavy atom. The molecule has 1 amide bonds. The highest BCUT2D eigenvalue weighted by Crippen LogP contribution is 2.19. The van der Waals surface area contributed by atoms with E-state index in [1.165, 1.54) is 11.3 Å². The van der Waals surface area contributed by atoms with Crippen molar-refractivity contribution < 1.29 is 9.53 Å². The summed E-state index contributed by atoms with van der Waals surface area (Å²) >= 11 is 1.52. The molecule has 0 aliphatic carbocycles. The van der Waals surface area contributed by atoms with Gasteiger partial charge in [-0.25, -0.2) is 4.98 Å². The Hall–Kier alpha value is -2.66. The Kier molecular flexibility index (Phi) is 5.23. The first-order valence-corrected chi connectivity index (χ1v) is 8.60. The molecule has 2 aromatic carbocycles. The van der Waals surface area contributed by atoms with Crippen molar-refractivity contribution in [1.82, 2.24) is 10.3 Å². The monoisotopic (exact) mass is 338 g/mol. The molecule has 0 radical (unpaired) electrons. The second-order valence-corrected chi connectivity index (χ2v) is 6.09. The van der Waals surface area contributed by atoms with Gasteiger partial charge in [-0.15, -0.1) is 11.3 Å². The molecule has 0 spiro atoms. The number of aryl methyl sites for hydroxylation is 1. The Balaban J connectivity index is 1.67. The van der Waals surface area contributed by atoms with Crippen LogP contribution in [0.3, 0.4) is 0 Å². The van der Waals surface area contributed by atoms with Gasteiger partial charge >= 0.3 is 0 Å². The summed E-state index contributed by atoms with van der Waals surface area (Å²) in [5.41, 5.74) is 5.41. The molecular formula is C19H18N2O2S. The minimum absolute atomic E-state index is 0.146. The Labute approximate surface area is 145 Å². The van der Waals surface area contributed by atoms with Crippen LogP contribution in [0.2, 0.25) is 0 Å². The van der Waals surface area contributed by atoms with Crippen LogP contribution < -0.4 is 10.1 Å². The average molecular weight is 338 g/mol. The fraction of sp³-hybridized carbons (Fsp3) is 0.158. The lowest BCUT2D eigenvalue weighted by Crippen LogP contribution is -2.23. The molecule has 0 bridgehead atoms. The first kappa shape index (κ1) is 16.2. The maximum atomic E-state index is 12.5. The molecule has 0 saturated heterocycles. The summed E-state index contributed by atoms with van der Waals surface area (Å²) < 4.78 is 5.76. The van der Waals surface area contributed by atoms with Crippen LogP contribution in [0, 0.1) is 6.92 Å². The topological polar surface area (TPSA) is 51.2 Å². The van der Waals surface area contributed by atoms with Crippen LogP contribution >= 0.6 is 11.3 Å². The van der Waals surface area contributed by atoms with Crippen molar-refractivity contribution in [2.45, 2.75) is 20.1 Å². The van der Waals surface area contributed by atoms with Gasteiger partial charge in [0.25, 0.3) is 5.91 Å². The number of carbonyl (C=O) groups is 1. The van der Waals surface area contributed by atoms with Crippen LogP contribution in [-0.2, 0) is 13.2 Å². The molecule has 1 N–H and O–H groups in total. The van der Waals surface area contributed by atoms with Gasteiger partial charge in [-0.3, -0.25) is 4.79 Å². The van der Waals surface area contributed by atoms with Crippen LogP contribution in [0.4, 0.5) is 0 Å². The van der Waals surface area contributed by atoms with Crippen molar-refractivity contribution in [2.75, 3.05) is 0 Å². The summed E-state index contributed by atoms with van der Waals surface area (Å²) in [6.45, 7) is 2.88. The van der Waals surface area contributed by atoms with Crippen molar-refractivity contribution in [3.8, 4) is 5.75 Å². The molecule has 0 fully saturated rings. The van der Waals surface area contributed by atoms with E-state index in [0.717, 1.165) is 16.8 Å². The SMILES string of the molecule is Cc1ccccc1CNC(=O)c1ccccc1OCc1cscn1. The molecule has 0 unspecified atom stereocenters. The highest BCUT2D eigenvalue weighted by molar-refractivity contribution is 7.07. The molecular weight excluding hydrogens is 320 g/mol.